The van der Waals surface area contributed by atoms with Crippen LogP contribution in [0.25, 0.3) is 0 Å². The SMILES string of the molecule is COCCN(C(=O)c1ccc(Br)s1)C(C)C. The lowest BCUT2D eigenvalue weighted by Gasteiger charge is -2.25. The van der Waals surface area contributed by atoms with Crippen molar-refractivity contribution in [2.24, 2.45) is 0 Å². The van der Waals surface area contributed by atoms with Crippen LogP contribution in [0.5, 0.6) is 0 Å². The first-order valence-electron chi connectivity index (χ1n) is 5.11. The lowest BCUT2D eigenvalue weighted by Crippen LogP contribution is -2.38. The second-order valence-corrected chi connectivity index (χ2v) is 6.15. The second kappa shape index (κ2) is 6.37. The molecule has 0 aliphatic rings. The Morgan fingerprint density at radius 1 is 1.56 bits per heavy atom. The monoisotopic (exact) mass is 305 g/mol. The summed E-state index contributed by atoms with van der Waals surface area (Å²) in [7, 11) is 1.64. The third-order valence-corrected chi connectivity index (χ3v) is 3.82. The summed E-state index contributed by atoms with van der Waals surface area (Å²) in [5.41, 5.74) is 0. The van der Waals surface area contributed by atoms with Gasteiger partial charge >= 0.3 is 0 Å². The van der Waals surface area contributed by atoms with Crippen LogP contribution in [0, 0.1) is 0 Å². The molecule has 0 spiro atoms. The molecule has 0 fully saturated rings. The molecule has 0 saturated carbocycles. The normalized spacial score (nSPS) is 10.8. The zero-order valence-electron chi connectivity index (χ0n) is 9.70. The topological polar surface area (TPSA) is 29.5 Å². The summed E-state index contributed by atoms with van der Waals surface area (Å²) in [6.07, 6.45) is 0. The summed E-state index contributed by atoms with van der Waals surface area (Å²) in [4.78, 5) is 14.7. The van der Waals surface area contributed by atoms with Gasteiger partial charge in [-0.3, -0.25) is 4.79 Å². The quantitative estimate of drug-likeness (QED) is 0.837. The Balaban J connectivity index is 2.74. The molecule has 90 valence electrons. The third-order valence-electron chi connectivity index (χ3n) is 2.20. The van der Waals surface area contributed by atoms with Gasteiger partial charge in [-0.05, 0) is 41.9 Å². The maximum atomic E-state index is 12.2. The van der Waals surface area contributed by atoms with E-state index in [1.165, 1.54) is 11.3 Å². The lowest BCUT2D eigenvalue weighted by molar-refractivity contribution is 0.0640. The lowest BCUT2D eigenvalue weighted by atomic mass is 10.3. The van der Waals surface area contributed by atoms with Crippen LogP contribution in [0.15, 0.2) is 15.9 Å². The molecule has 1 rings (SSSR count). The van der Waals surface area contributed by atoms with Crippen LogP contribution in [0.1, 0.15) is 23.5 Å². The Morgan fingerprint density at radius 2 is 2.25 bits per heavy atom. The van der Waals surface area contributed by atoms with Crippen molar-refractivity contribution in [3.8, 4) is 0 Å². The predicted octanol–water partition coefficient (Wildman–Crippen LogP) is 3.01. The predicted molar refractivity (Wildman–Crippen MR) is 70.1 cm³/mol. The summed E-state index contributed by atoms with van der Waals surface area (Å²) in [5.74, 6) is 0.0720. The van der Waals surface area contributed by atoms with Crippen LogP contribution < -0.4 is 0 Å². The molecule has 3 nitrogen and oxygen atoms in total. The maximum Gasteiger partial charge on any atom is 0.264 e. The van der Waals surface area contributed by atoms with Crippen molar-refractivity contribution in [3.05, 3.63) is 20.8 Å². The minimum atomic E-state index is 0.0720. The van der Waals surface area contributed by atoms with Gasteiger partial charge in [-0.1, -0.05) is 0 Å². The van der Waals surface area contributed by atoms with Crippen molar-refractivity contribution in [3.63, 3.8) is 0 Å². The van der Waals surface area contributed by atoms with Gasteiger partial charge in [0.15, 0.2) is 0 Å². The van der Waals surface area contributed by atoms with Gasteiger partial charge in [-0.2, -0.15) is 0 Å². The minimum absolute atomic E-state index is 0.0720. The van der Waals surface area contributed by atoms with E-state index in [9.17, 15) is 4.79 Å². The number of ether oxygens (including phenoxy) is 1. The first-order chi connectivity index (χ1) is 7.56. The summed E-state index contributed by atoms with van der Waals surface area (Å²) in [5, 5.41) is 0. The van der Waals surface area contributed by atoms with Gasteiger partial charge in [-0.25, -0.2) is 0 Å². The average Bonchev–Trinajstić information content (AvgIpc) is 2.64. The molecule has 5 heteroatoms. The highest BCUT2D eigenvalue weighted by atomic mass is 79.9. The molecule has 0 N–H and O–H groups in total. The van der Waals surface area contributed by atoms with E-state index in [0.717, 1.165) is 8.66 Å². The smallest absolute Gasteiger partial charge is 0.264 e. The molecular formula is C11H16BrNO2S. The first-order valence-corrected chi connectivity index (χ1v) is 6.72. The Kier molecular flexibility index (Phi) is 5.44. The Morgan fingerprint density at radius 3 is 2.69 bits per heavy atom. The van der Waals surface area contributed by atoms with Crippen molar-refractivity contribution in [2.75, 3.05) is 20.3 Å². The molecule has 0 bridgehead atoms. The van der Waals surface area contributed by atoms with Gasteiger partial charge in [0.25, 0.3) is 5.91 Å². The molecule has 1 aromatic heterocycles. The molecule has 1 amide bonds. The van der Waals surface area contributed by atoms with Crippen molar-refractivity contribution in [2.45, 2.75) is 19.9 Å². The zero-order valence-corrected chi connectivity index (χ0v) is 12.1. The maximum absolute atomic E-state index is 12.2. The fourth-order valence-electron chi connectivity index (χ4n) is 1.35. The van der Waals surface area contributed by atoms with Crippen LogP contribution >= 0.6 is 27.3 Å². The molecule has 1 heterocycles. The van der Waals surface area contributed by atoms with Gasteiger partial charge in [0.2, 0.25) is 0 Å². The van der Waals surface area contributed by atoms with Crippen LogP contribution in [-0.4, -0.2) is 37.1 Å². The van der Waals surface area contributed by atoms with Crippen LogP contribution in [0.4, 0.5) is 0 Å². The van der Waals surface area contributed by atoms with E-state index >= 15 is 0 Å². The number of thiophene rings is 1. The highest BCUT2D eigenvalue weighted by molar-refractivity contribution is 9.11. The molecule has 0 saturated heterocycles. The van der Waals surface area contributed by atoms with E-state index in [1.807, 2.05) is 30.9 Å². The average molecular weight is 306 g/mol. The van der Waals surface area contributed by atoms with Crippen molar-refractivity contribution in [1.29, 1.82) is 0 Å². The molecule has 0 unspecified atom stereocenters. The van der Waals surface area contributed by atoms with E-state index in [1.54, 1.807) is 7.11 Å². The molecule has 0 aliphatic carbocycles. The number of hydrogen-bond donors (Lipinski definition) is 0. The summed E-state index contributed by atoms with van der Waals surface area (Å²) in [6, 6.07) is 3.93. The molecule has 0 aliphatic heterocycles. The number of nitrogens with zero attached hydrogens (tertiary/aromatic N) is 1. The fraction of sp³-hybridized carbons (Fsp3) is 0.545. The Bertz CT molecular complexity index is 352. The number of amides is 1. The number of carbonyl (C=O) groups excluding carboxylic acids is 1. The minimum Gasteiger partial charge on any atom is -0.383 e. The van der Waals surface area contributed by atoms with Gasteiger partial charge in [0.1, 0.15) is 0 Å². The van der Waals surface area contributed by atoms with Crippen LogP contribution in [0.3, 0.4) is 0 Å². The highest BCUT2D eigenvalue weighted by Gasteiger charge is 2.19. The molecule has 0 aromatic carbocycles. The molecule has 0 radical (unpaired) electrons. The van der Waals surface area contributed by atoms with Gasteiger partial charge in [0.05, 0.1) is 15.3 Å². The van der Waals surface area contributed by atoms with E-state index in [-0.39, 0.29) is 11.9 Å². The summed E-state index contributed by atoms with van der Waals surface area (Å²) in [6.45, 7) is 5.21. The Hall–Kier alpha value is -0.390. The third kappa shape index (κ3) is 3.57. The van der Waals surface area contributed by atoms with E-state index < -0.39 is 0 Å². The van der Waals surface area contributed by atoms with Gasteiger partial charge in [0, 0.05) is 19.7 Å². The Labute approximate surface area is 109 Å². The first kappa shape index (κ1) is 13.7. The van der Waals surface area contributed by atoms with Crippen LogP contribution in [0.2, 0.25) is 0 Å². The standard InChI is InChI=1S/C11H16BrNO2S/c1-8(2)13(6-7-15-3)11(14)9-4-5-10(12)16-9/h4-5,8H,6-7H2,1-3H3. The van der Waals surface area contributed by atoms with Gasteiger partial charge in [-0.15, -0.1) is 11.3 Å². The van der Waals surface area contributed by atoms with Gasteiger partial charge < -0.3 is 9.64 Å². The molecular weight excluding hydrogens is 290 g/mol. The van der Waals surface area contributed by atoms with Crippen molar-refractivity contribution < 1.29 is 9.53 Å². The highest BCUT2D eigenvalue weighted by Crippen LogP contribution is 2.23. The summed E-state index contributed by atoms with van der Waals surface area (Å²) >= 11 is 4.82. The number of carbonyl (C=O) groups is 1. The summed E-state index contributed by atoms with van der Waals surface area (Å²) < 4.78 is 5.99. The number of halogens is 1. The second-order valence-electron chi connectivity index (χ2n) is 3.69. The van der Waals surface area contributed by atoms with Crippen LogP contribution in [-0.2, 0) is 4.74 Å². The van der Waals surface area contributed by atoms with E-state index in [0.29, 0.717) is 13.2 Å². The van der Waals surface area contributed by atoms with E-state index in [4.69, 9.17) is 4.74 Å². The van der Waals surface area contributed by atoms with E-state index in [2.05, 4.69) is 15.9 Å². The van der Waals surface area contributed by atoms with Crippen molar-refractivity contribution >= 4 is 33.2 Å². The number of hydrogen-bond acceptors (Lipinski definition) is 3. The molecule has 0 atom stereocenters. The number of methoxy groups -OCH3 is 1. The molecule has 16 heavy (non-hydrogen) atoms. The fourth-order valence-corrected chi connectivity index (χ4v) is 2.70. The number of rotatable bonds is 5. The zero-order chi connectivity index (χ0) is 12.1. The molecule has 1 aromatic rings. The van der Waals surface area contributed by atoms with Crippen molar-refractivity contribution in [1.82, 2.24) is 4.90 Å². The largest absolute Gasteiger partial charge is 0.383 e.